The molecule has 2 heterocycles. The summed E-state index contributed by atoms with van der Waals surface area (Å²) < 4.78 is 5.40. The first-order valence-electron chi connectivity index (χ1n) is 9.89. The van der Waals surface area contributed by atoms with Gasteiger partial charge in [0.1, 0.15) is 6.04 Å². The smallest absolute Gasteiger partial charge is 0.238 e. The third-order valence-corrected chi connectivity index (χ3v) is 5.63. The minimum Gasteiger partial charge on any atom is -0.379 e. The second-order valence-electron chi connectivity index (χ2n) is 7.77. The minimum atomic E-state index is -0.624. The van der Waals surface area contributed by atoms with Crippen LogP contribution in [0.15, 0.2) is 59.8 Å². The number of hydrogen-bond acceptors (Lipinski definition) is 5. The van der Waals surface area contributed by atoms with E-state index in [1.807, 2.05) is 24.3 Å². The first-order valence-corrected chi connectivity index (χ1v) is 9.89. The molecule has 3 rings (SSSR count). The van der Waals surface area contributed by atoms with Gasteiger partial charge in [-0.2, -0.15) is 10.5 Å². The van der Waals surface area contributed by atoms with Crippen LogP contribution in [0.3, 0.4) is 0 Å². The van der Waals surface area contributed by atoms with E-state index in [2.05, 4.69) is 35.9 Å². The molecule has 29 heavy (non-hydrogen) atoms. The van der Waals surface area contributed by atoms with E-state index in [0.29, 0.717) is 25.6 Å². The van der Waals surface area contributed by atoms with Gasteiger partial charge in [-0.3, -0.25) is 4.79 Å². The molecule has 2 aliphatic heterocycles. The molecule has 2 N–H and O–H groups in total. The summed E-state index contributed by atoms with van der Waals surface area (Å²) in [5, 5.41) is 24.5. The lowest BCUT2D eigenvalue weighted by Gasteiger charge is -2.17. The van der Waals surface area contributed by atoms with Crippen LogP contribution in [-0.2, 0) is 9.53 Å². The Hall–Kier alpha value is -2.93. The van der Waals surface area contributed by atoms with E-state index in [0.717, 1.165) is 41.6 Å². The van der Waals surface area contributed by atoms with Gasteiger partial charge in [-0.1, -0.05) is 37.0 Å². The number of carbonyl (C=O) groups excluding carboxylic acids is 1. The molecule has 0 bridgehead atoms. The maximum absolute atomic E-state index is 12.5. The number of nitrogens with one attached hydrogen (secondary N) is 2. The van der Waals surface area contributed by atoms with Crippen LogP contribution in [-0.4, -0.2) is 37.2 Å². The number of ether oxygens (including phenoxy) is 1. The third kappa shape index (κ3) is 5.32. The molecule has 2 fully saturated rings. The van der Waals surface area contributed by atoms with Crippen molar-refractivity contribution in [3.8, 4) is 12.1 Å². The average Bonchev–Trinajstić information content (AvgIpc) is 3.34. The van der Waals surface area contributed by atoms with Gasteiger partial charge in [0.2, 0.25) is 5.91 Å². The Morgan fingerprint density at radius 3 is 2.79 bits per heavy atom. The van der Waals surface area contributed by atoms with Crippen LogP contribution in [0.25, 0.3) is 0 Å². The lowest BCUT2D eigenvalue weighted by Crippen LogP contribution is -2.46. The second-order valence-corrected chi connectivity index (χ2v) is 7.77. The SMILES string of the molecule is C=C(/C=C\C(=C)C1=CC=C(C#N)CC1)C[C@@H](C#N)NC(=O)[C@@H]1C[C@@H]2COC[C@@H]2N1. The molecule has 0 spiro atoms. The molecule has 6 heteroatoms. The maximum atomic E-state index is 12.5. The van der Waals surface area contributed by atoms with Crippen molar-refractivity contribution in [2.45, 2.75) is 43.8 Å². The second kappa shape index (κ2) is 9.52. The predicted molar refractivity (Wildman–Crippen MR) is 110 cm³/mol. The fraction of sp³-hybridized carbons (Fsp3) is 0.435. The van der Waals surface area contributed by atoms with Crippen molar-refractivity contribution in [2.24, 2.45) is 5.92 Å². The van der Waals surface area contributed by atoms with Crippen molar-refractivity contribution in [2.75, 3.05) is 13.2 Å². The average molecular weight is 390 g/mol. The minimum absolute atomic E-state index is 0.139. The van der Waals surface area contributed by atoms with Crippen molar-refractivity contribution in [3.05, 3.63) is 59.8 Å². The van der Waals surface area contributed by atoms with Crippen molar-refractivity contribution < 1.29 is 9.53 Å². The van der Waals surface area contributed by atoms with Gasteiger partial charge in [0.25, 0.3) is 0 Å². The molecule has 0 unspecified atom stereocenters. The zero-order valence-corrected chi connectivity index (χ0v) is 16.5. The zero-order chi connectivity index (χ0) is 20.8. The molecule has 0 aromatic carbocycles. The lowest BCUT2D eigenvalue weighted by atomic mass is 9.93. The van der Waals surface area contributed by atoms with E-state index in [1.165, 1.54) is 0 Å². The molecule has 6 nitrogen and oxygen atoms in total. The number of rotatable bonds is 7. The molecule has 0 aromatic heterocycles. The van der Waals surface area contributed by atoms with Crippen molar-refractivity contribution in [1.82, 2.24) is 10.6 Å². The van der Waals surface area contributed by atoms with Gasteiger partial charge >= 0.3 is 0 Å². The molecule has 0 saturated carbocycles. The summed E-state index contributed by atoms with van der Waals surface area (Å²) in [6.45, 7) is 9.40. The van der Waals surface area contributed by atoms with Crippen LogP contribution in [0.2, 0.25) is 0 Å². The molecule has 1 amide bonds. The van der Waals surface area contributed by atoms with Crippen molar-refractivity contribution >= 4 is 5.91 Å². The summed E-state index contributed by atoms with van der Waals surface area (Å²) in [6.07, 6.45) is 10.1. The summed E-state index contributed by atoms with van der Waals surface area (Å²) >= 11 is 0. The first kappa shape index (κ1) is 20.8. The van der Waals surface area contributed by atoms with E-state index in [-0.39, 0.29) is 18.0 Å². The number of nitriles is 2. The summed E-state index contributed by atoms with van der Waals surface area (Å²) in [5.74, 6) is 0.239. The molecule has 3 aliphatic rings. The Kier molecular flexibility index (Phi) is 6.82. The van der Waals surface area contributed by atoms with Gasteiger partial charge in [0.15, 0.2) is 0 Å². The van der Waals surface area contributed by atoms with Crippen LogP contribution in [0.4, 0.5) is 0 Å². The molecular weight excluding hydrogens is 364 g/mol. The number of nitrogens with zero attached hydrogens (tertiary/aromatic N) is 2. The number of fused-ring (bicyclic) bond motifs is 1. The summed E-state index contributed by atoms with van der Waals surface area (Å²) in [6, 6.07) is 3.67. The van der Waals surface area contributed by atoms with Gasteiger partial charge in [-0.05, 0) is 36.5 Å². The summed E-state index contributed by atoms with van der Waals surface area (Å²) in [4.78, 5) is 12.5. The highest BCUT2D eigenvalue weighted by molar-refractivity contribution is 5.82. The molecule has 0 aromatic rings. The monoisotopic (exact) mass is 390 g/mol. The Bertz CT molecular complexity index is 856. The van der Waals surface area contributed by atoms with E-state index < -0.39 is 6.04 Å². The van der Waals surface area contributed by atoms with Gasteiger partial charge < -0.3 is 15.4 Å². The predicted octanol–water partition coefficient (Wildman–Crippen LogP) is 2.60. The molecule has 1 aliphatic carbocycles. The van der Waals surface area contributed by atoms with Crippen LogP contribution < -0.4 is 10.6 Å². The van der Waals surface area contributed by atoms with Gasteiger partial charge in [-0.25, -0.2) is 0 Å². The molecule has 0 radical (unpaired) electrons. The Morgan fingerprint density at radius 2 is 2.14 bits per heavy atom. The molecule has 2 saturated heterocycles. The molecule has 150 valence electrons. The molecular formula is C23H26N4O2. The fourth-order valence-corrected chi connectivity index (χ4v) is 3.88. The molecule has 4 atom stereocenters. The highest BCUT2D eigenvalue weighted by Gasteiger charge is 2.40. The van der Waals surface area contributed by atoms with Crippen LogP contribution in [0.1, 0.15) is 25.7 Å². The topological polar surface area (TPSA) is 97.9 Å². The zero-order valence-electron chi connectivity index (χ0n) is 16.5. The fourth-order valence-electron chi connectivity index (χ4n) is 3.88. The van der Waals surface area contributed by atoms with E-state index >= 15 is 0 Å². The van der Waals surface area contributed by atoms with Gasteiger partial charge in [0.05, 0.1) is 31.4 Å². The Labute approximate surface area is 171 Å². The van der Waals surface area contributed by atoms with E-state index in [4.69, 9.17) is 10.00 Å². The Morgan fingerprint density at radius 1 is 1.31 bits per heavy atom. The first-order chi connectivity index (χ1) is 14.0. The van der Waals surface area contributed by atoms with E-state index in [9.17, 15) is 10.1 Å². The van der Waals surface area contributed by atoms with Crippen molar-refractivity contribution in [1.29, 1.82) is 10.5 Å². The quantitative estimate of drug-likeness (QED) is 0.651. The number of amides is 1. The van der Waals surface area contributed by atoms with Gasteiger partial charge in [-0.15, -0.1) is 0 Å². The highest BCUT2D eigenvalue weighted by Crippen LogP contribution is 2.26. The van der Waals surface area contributed by atoms with Crippen LogP contribution in [0, 0.1) is 28.6 Å². The number of allylic oxidation sites excluding steroid dienone is 7. The Balaban J connectivity index is 1.48. The van der Waals surface area contributed by atoms with Gasteiger partial charge in [0, 0.05) is 24.0 Å². The maximum Gasteiger partial charge on any atom is 0.238 e. The number of hydrogen-bond donors (Lipinski definition) is 2. The number of carbonyl (C=O) groups is 1. The summed E-state index contributed by atoms with van der Waals surface area (Å²) in [7, 11) is 0. The third-order valence-electron chi connectivity index (χ3n) is 5.63. The standard InChI is InChI=1S/C23H26N4O2/c1-15(3-4-16(2)18-7-5-17(11-24)6-8-18)9-20(12-25)26-23(28)21-10-19-13-29-14-22(19)27-21/h3-5,7,19-22,27H,1-2,6,8-10,13-14H2,(H,26,28)/b4-3-/t19-,20+,21+,22+/m1/s1. The highest BCUT2D eigenvalue weighted by atomic mass is 16.5. The van der Waals surface area contributed by atoms with Crippen molar-refractivity contribution in [3.63, 3.8) is 0 Å². The normalized spacial score (nSPS) is 26.6. The van der Waals surface area contributed by atoms with Crippen LogP contribution >= 0.6 is 0 Å². The lowest BCUT2D eigenvalue weighted by molar-refractivity contribution is -0.123. The van der Waals surface area contributed by atoms with E-state index in [1.54, 1.807) is 0 Å². The summed E-state index contributed by atoms with van der Waals surface area (Å²) in [5.41, 5.74) is 3.46. The van der Waals surface area contributed by atoms with Crippen LogP contribution in [0.5, 0.6) is 0 Å². The largest absolute Gasteiger partial charge is 0.379 e.